The molecule has 0 unspecified atom stereocenters. The molecule has 0 radical (unpaired) electrons. The number of rotatable bonds is 0. The first-order chi connectivity index (χ1) is 2.00. The molecule has 0 saturated heterocycles. The average Bonchev–Trinajstić information content (AvgIpc) is 0.722. The maximum absolute atomic E-state index is 10.1. The molecule has 0 aliphatic heterocycles. The Bertz CT molecular complexity index is 57.7. The molecule has 34 valence electrons. The zero-order chi connectivity index (χ0) is 4.50. The van der Waals surface area contributed by atoms with Crippen LogP contribution in [0.25, 0.3) is 0 Å². The molecule has 0 amide bonds. The van der Waals surface area contributed by atoms with Crippen LogP contribution in [0.4, 0.5) is 8.39 Å². The van der Waals surface area contributed by atoms with Crippen molar-refractivity contribution in [3.8, 4) is 0 Å². The summed E-state index contributed by atoms with van der Waals surface area (Å²) in [4.78, 5) is 6.74. The molecule has 1 N–H and O–H groups in total. The first kappa shape index (κ1) is 9.82. The van der Waals surface area contributed by atoms with Crippen molar-refractivity contribution in [1.29, 1.82) is 0 Å². The van der Waals surface area contributed by atoms with Crippen molar-refractivity contribution in [3.63, 3.8) is 0 Å². The summed E-state index contributed by atoms with van der Waals surface area (Å²) in [5.74, 6) is 0. The molecule has 0 aromatic rings. The van der Waals surface area contributed by atoms with E-state index < -0.39 is 7.99 Å². The summed E-state index contributed by atoms with van der Waals surface area (Å²) in [6, 6.07) is 0. The fraction of sp³-hybridized carbons (Fsp3) is 0. The monoisotopic (exact) mass is 110 g/mol. The van der Waals surface area contributed by atoms with E-state index in [4.69, 9.17) is 9.46 Å². The molecule has 0 aliphatic rings. The molecule has 0 aliphatic carbocycles. The van der Waals surface area contributed by atoms with Crippen LogP contribution in [0, 0.1) is 0 Å². The van der Waals surface area contributed by atoms with Gasteiger partial charge in [0.05, 0.1) is 0 Å². The predicted molar refractivity (Wildman–Crippen MR) is 19.2 cm³/mol. The van der Waals surface area contributed by atoms with Crippen molar-refractivity contribution in [2.24, 2.45) is 0 Å². The molecule has 0 aromatic heterocycles. The summed E-state index contributed by atoms with van der Waals surface area (Å²) in [5.41, 5.74) is 0. The number of halogens is 2. The summed E-state index contributed by atoms with van der Waals surface area (Å²) in [6.07, 6.45) is 0. The Morgan fingerprint density at radius 3 is 1.50 bits per heavy atom. The summed E-state index contributed by atoms with van der Waals surface area (Å²) in [5, 5.41) is 0. The predicted octanol–water partition coefficient (Wildman–Crippen LogP) is 0.377. The zero-order valence-corrected chi connectivity index (χ0v) is 2.95. The first-order valence-corrected chi connectivity index (χ1v) is 2.16. The van der Waals surface area contributed by atoms with Gasteiger partial charge in [-0.15, -0.1) is 8.39 Å². The summed E-state index contributed by atoms with van der Waals surface area (Å²) < 4.78 is 28.7. The summed E-state index contributed by atoms with van der Waals surface area (Å²) in [6.45, 7) is 0. The Morgan fingerprint density at radius 1 is 1.50 bits per heavy atom. The van der Waals surface area contributed by atoms with E-state index in [9.17, 15) is 8.39 Å². The molecule has 0 saturated carbocycles. The molecule has 0 aromatic carbocycles. The van der Waals surface area contributed by atoms with Crippen molar-refractivity contribution < 1.29 is 17.9 Å². The van der Waals surface area contributed by atoms with Crippen molar-refractivity contribution in [2.45, 2.75) is 0 Å². The van der Waals surface area contributed by atoms with Crippen LogP contribution in [0.3, 0.4) is 0 Å². The van der Waals surface area contributed by atoms with Gasteiger partial charge in [-0.3, -0.25) is 4.89 Å². The molecule has 0 heterocycles. The van der Waals surface area contributed by atoms with E-state index in [2.05, 4.69) is 0 Å². The summed E-state index contributed by atoms with van der Waals surface area (Å²) in [7, 11) is -5.64. The standard InChI is InChI=1S/F2HO2P.Li.H/c1-5(2,3)4;;/h(H,3,4);;. The van der Waals surface area contributed by atoms with Gasteiger partial charge in [0.1, 0.15) is 0 Å². The van der Waals surface area contributed by atoms with Crippen molar-refractivity contribution in [2.75, 3.05) is 0 Å². The number of hydrogen-bond donors (Lipinski definition) is 1. The second kappa shape index (κ2) is 2.76. The van der Waals surface area contributed by atoms with Crippen LogP contribution in [0.1, 0.15) is 0 Å². The second-order valence-corrected chi connectivity index (χ2v) is 1.30. The Kier molecular flexibility index (Phi) is 4.52. The zero-order valence-electron chi connectivity index (χ0n) is 2.06. The van der Waals surface area contributed by atoms with Gasteiger partial charge in [0.15, 0.2) is 0 Å². The van der Waals surface area contributed by atoms with Gasteiger partial charge in [0.2, 0.25) is 0 Å². The van der Waals surface area contributed by atoms with Crippen molar-refractivity contribution >= 4 is 26.9 Å². The average molecular weight is 110 g/mol. The first-order valence-electron chi connectivity index (χ1n) is 0.721. The van der Waals surface area contributed by atoms with Gasteiger partial charge < -0.3 is 0 Å². The third-order valence-corrected chi connectivity index (χ3v) is 0. The van der Waals surface area contributed by atoms with Crippen LogP contribution in [-0.4, -0.2) is 23.8 Å². The van der Waals surface area contributed by atoms with Gasteiger partial charge in [-0.1, -0.05) is 0 Å². The molecular weight excluding hydrogens is 108 g/mol. The molecule has 0 fully saturated rings. The minimum atomic E-state index is -5.64. The van der Waals surface area contributed by atoms with E-state index in [0.29, 0.717) is 0 Å². The third kappa shape index (κ3) is 148. The van der Waals surface area contributed by atoms with E-state index >= 15 is 0 Å². The quantitative estimate of drug-likeness (QED) is 0.361. The van der Waals surface area contributed by atoms with E-state index in [0.717, 1.165) is 0 Å². The van der Waals surface area contributed by atoms with E-state index in [-0.39, 0.29) is 18.9 Å². The Balaban J connectivity index is 0. The molecule has 6 heteroatoms. The van der Waals surface area contributed by atoms with Gasteiger partial charge in [0, 0.05) is 0 Å². The Hall–Kier alpha value is 0.647. The second-order valence-electron chi connectivity index (χ2n) is 0.435. The number of hydrogen-bond acceptors (Lipinski definition) is 1. The molecular formula is H2F2LiO2P. The topological polar surface area (TPSA) is 37.3 Å². The van der Waals surface area contributed by atoms with Crippen molar-refractivity contribution in [1.82, 2.24) is 0 Å². The molecule has 2 nitrogen and oxygen atoms in total. The van der Waals surface area contributed by atoms with E-state index in [1.807, 2.05) is 0 Å². The van der Waals surface area contributed by atoms with Crippen LogP contribution in [0.5, 0.6) is 0 Å². The molecule has 0 rings (SSSR count). The van der Waals surface area contributed by atoms with Gasteiger partial charge in [0.25, 0.3) is 0 Å². The molecule has 0 bridgehead atoms. The van der Waals surface area contributed by atoms with E-state index in [1.165, 1.54) is 0 Å². The minimum absolute atomic E-state index is 0. The van der Waals surface area contributed by atoms with Crippen LogP contribution in [0.2, 0.25) is 0 Å². The van der Waals surface area contributed by atoms with Gasteiger partial charge in [-0.25, -0.2) is 4.57 Å². The van der Waals surface area contributed by atoms with Crippen molar-refractivity contribution in [3.05, 3.63) is 0 Å². The van der Waals surface area contributed by atoms with E-state index in [1.54, 1.807) is 0 Å². The fourth-order valence-electron chi connectivity index (χ4n) is 0. The van der Waals surface area contributed by atoms with Gasteiger partial charge in [-0.2, -0.15) is 0 Å². The normalized spacial score (nSPS) is 9.83. The Labute approximate surface area is 45.4 Å². The van der Waals surface area contributed by atoms with Crippen LogP contribution >= 0.6 is 7.99 Å². The fourth-order valence-corrected chi connectivity index (χ4v) is 0. The van der Waals surface area contributed by atoms with Crippen LogP contribution in [-0.2, 0) is 4.57 Å². The van der Waals surface area contributed by atoms with Gasteiger partial charge in [-0.05, 0) is 0 Å². The summed E-state index contributed by atoms with van der Waals surface area (Å²) >= 11 is 0. The Morgan fingerprint density at radius 2 is 1.50 bits per heavy atom. The van der Waals surface area contributed by atoms with Gasteiger partial charge >= 0.3 is 26.9 Å². The van der Waals surface area contributed by atoms with Crippen LogP contribution < -0.4 is 0 Å². The SMILES string of the molecule is O=P(O)(F)F.[LiH]. The molecule has 0 atom stereocenters. The molecule has 0 spiro atoms. The van der Waals surface area contributed by atoms with Crippen LogP contribution in [0.15, 0.2) is 0 Å². The third-order valence-electron chi connectivity index (χ3n) is 0. The molecule has 6 heavy (non-hydrogen) atoms. The maximum atomic E-state index is 10.1.